The van der Waals surface area contributed by atoms with Crippen LogP contribution in [0.1, 0.15) is 23.2 Å². The molecule has 2 aromatic heterocycles. The number of halogens is 1. The van der Waals surface area contributed by atoms with Crippen LogP contribution in [0, 0.1) is 5.82 Å². The number of hydrogen-bond acceptors (Lipinski definition) is 5. The van der Waals surface area contributed by atoms with Crippen molar-refractivity contribution in [3.05, 3.63) is 96.3 Å². The number of rotatable bonds is 6. The molecule has 0 radical (unpaired) electrons. The number of likely N-dealkylation sites (tertiary alicyclic amines) is 1. The lowest BCUT2D eigenvalue weighted by Gasteiger charge is -2.37. The highest BCUT2D eigenvalue weighted by molar-refractivity contribution is 6.16. The summed E-state index contributed by atoms with van der Waals surface area (Å²) >= 11 is 0. The van der Waals surface area contributed by atoms with Gasteiger partial charge in [-0.3, -0.25) is 14.9 Å². The highest BCUT2D eigenvalue weighted by Gasteiger charge is 2.31. The van der Waals surface area contributed by atoms with Crippen molar-refractivity contribution < 1.29 is 14.3 Å². The number of nitrogens with zero attached hydrogens (tertiary/aromatic N) is 3. The van der Waals surface area contributed by atoms with Crippen LogP contribution in [0.3, 0.4) is 0 Å². The summed E-state index contributed by atoms with van der Waals surface area (Å²) in [4.78, 5) is 24.0. The highest BCUT2D eigenvalue weighted by atomic mass is 19.1. The Hall–Kier alpha value is -4.73. The van der Waals surface area contributed by atoms with E-state index in [4.69, 9.17) is 4.98 Å². The number of anilines is 1. The van der Waals surface area contributed by atoms with Gasteiger partial charge in [-0.2, -0.15) is 0 Å². The quantitative estimate of drug-likeness (QED) is 0.208. The average molecular weight is 563 g/mol. The molecule has 1 aliphatic heterocycles. The number of fused-ring (bicyclic) bond motifs is 4. The summed E-state index contributed by atoms with van der Waals surface area (Å²) in [5.74, 6) is 0.0167. The molecule has 0 saturated carbocycles. The Morgan fingerprint density at radius 3 is 2.62 bits per heavy atom. The van der Waals surface area contributed by atoms with E-state index in [1.807, 2.05) is 60.7 Å². The smallest absolute Gasteiger partial charge is 0.272 e. The number of hydrogen-bond donors (Lipinski definition) is 4. The topological polar surface area (TPSA) is 98.2 Å². The summed E-state index contributed by atoms with van der Waals surface area (Å²) in [6, 6.07) is 25.6. The van der Waals surface area contributed by atoms with Crippen LogP contribution in [0.2, 0.25) is 0 Å². The SMILES string of the molecule is CN1CCC(O)(CNc2ccccc2C(=O)Nn2c3ccccc3c3c(-c4nc5ccc(F)cc5[nH]4)cccc32)CC1. The number of aromatic amines is 1. The molecule has 42 heavy (non-hydrogen) atoms. The van der Waals surface area contributed by atoms with Gasteiger partial charge in [0.2, 0.25) is 0 Å². The zero-order valence-corrected chi connectivity index (χ0v) is 23.2. The van der Waals surface area contributed by atoms with Gasteiger partial charge in [-0.15, -0.1) is 0 Å². The molecule has 1 saturated heterocycles. The number of carbonyl (C=O) groups is 1. The third-order valence-electron chi connectivity index (χ3n) is 8.31. The maximum Gasteiger partial charge on any atom is 0.272 e. The van der Waals surface area contributed by atoms with Crippen molar-refractivity contribution in [3.63, 3.8) is 0 Å². The van der Waals surface area contributed by atoms with Gasteiger partial charge in [0.25, 0.3) is 5.91 Å². The molecule has 212 valence electrons. The van der Waals surface area contributed by atoms with E-state index in [9.17, 15) is 14.3 Å². The molecular weight excluding hydrogens is 531 g/mol. The van der Waals surface area contributed by atoms with Gasteiger partial charge in [0.1, 0.15) is 11.6 Å². The Kier molecular flexibility index (Phi) is 6.41. The Morgan fingerprint density at radius 1 is 1.00 bits per heavy atom. The standard InChI is InChI=1S/C33H31FN6O2/c1-39-17-15-33(42,16-18-39)20-35-25-10-4-2-7-22(25)32(41)38-40-28-11-5-3-8-23(28)30-24(9-6-12-29(30)40)31-36-26-14-13-21(34)19-27(26)37-31/h2-14,19,35,42H,15-18,20H2,1H3,(H,36,37)(H,38,41). The minimum absolute atomic E-state index is 0.277. The summed E-state index contributed by atoms with van der Waals surface area (Å²) < 4.78 is 15.7. The van der Waals surface area contributed by atoms with Crippen molar-refractivity contribution in [3.8, 4) is 11.4 Å². The fraction of sp³-hybridized carbons (Fsp3) is 0.212. The van der Waals surface area contributed by atoms with E-state index in [0.717, 1.165) is 40.5 Å². The molecule has 1 fully saturated rings. The molecule has 1 aliphatic rings. The molecule has 1 amide bonds. The Morgan fingerprint density at radius 2 is 1.76 bits per heavy atom. The van der Waals surface area contributed by atoms with E-state index >= 15 is 0 Å². The summed E-state index contributed by atoms with van der Waals surface area (Å²) in [7, 11) is 2.06. The summed E-state index contributed by atoms with van der Waals surface area (Å²) in [5.41, 5.74) is 7.23. The van der Waals surface area contributed by atoms with Gasteiger partial charge in [-0.05, 0) is 62.4 Å². The average Bonchev–Trinajstić information content (AvgIpc) is 3.57. The van der Waals surface area contributed by atoms with E-state index in [2.05, 4.69) is 27.7 Å². The summed E-state index contributed by atoms with van der Waals surface area (Å²) in [6.45, 7) is 2.03. The number of carbonyl (C=O) groups excluding carboxylic acids is 1. The van der Waals surface area contributed by atoms with Crippen LogP contribution >= 0.6 is 0 Å². The Bertz CT molecular complexity index is 1950. The number of imidazole rings is 1. The number of aromatic nitrogens is 3. The van der Waals surface area contributed by atoms with E-state index in [0.29, 0.717) is 47.5 Å². The van der Waals surface area contributed by atoms with Gasteiger partial charge < -0.3 is 20.3 Å². The maximum absolute atomic E-state index is 13.9. The molecule has 8 nitrogen and oxygen atoms in total. The van der Waals surface area contributed by atoms with Crippen molar-refractivity contribution in [1.82, 2.24) is 19.5 Å². The molecular formula is C33H31FN6O2. The number of piperidine rings is 1. The lowest BCUT2D eigenvalue weighted by Crippen LogP contribution is -2.47. The first kappa shape index (κ1) is 26.2. The molecule has 4 N–H and O–H groups in total. The molecule has 9 heteroatoms. The van der Waals surface area contributed by atoms with Crippen LogP contribution in [0.25, 0.3) is 44.2 Å². The van der Waals surface area contributed by atoms with Crippen molar-refractivity contribution in [2.75, 3.05) is 37.4 Å². The zero-order chi connectivity index (χ0) is 28.8. The third kappa shape index (κ3) is 4.66. The maximum atomic E-state index is 13.9. The predicted molar refractivity (Wildman–Crippen MR) is 165 cm³/mol. The molecule has 7 rings (SSSR count). The molecule has 4 aromatic carbocycles. The van der Waals surface area contributed by atoms with Crippen LogP contribution in [-0.2, 0) is 0 Å². The molecule has 0 aliphatic carbocycles. The van der Waals surface area contributed by atoms with Gasteiger partial charge in [0.15, 0.2) is 0 Å². The minimum Gasteiger partial charge on any atom is -0.388 e. The van der Waals surface area contributed by atoms with E-state index < -0.39 is 5.60 Å². The van der Waals surface area contributed by atoms with Crippen molar-refractivity contribution in [2.24, 2.45) is 0 Å². The zero-order valence-electron chi connectivity index (χ0n) is 23.2. The first-order valence-electron chi connectivity index (χ1n) is 14.1. The first-order chi connectivity index (χ1) is 20.4. The molecule has 3 heterocycles. The van der Waals surface area contributed by atoms with Gasteiger partial charge >= 0.3 is 0 Å². The Labute approximate surface area is 241 Å². The number of nitrogens with one attached hydrogen (secondary N) is 3. The van der Waals surface area contributed by atoms with Gasteiger partial charge in [-0.25, -0.2) is 9.37 Å². The van der Waals surface area contributed by atoms with Crippen LogP contribution in [0.5, 0.6) is 0 Å². The second kappa shape index (κ2) is 10.3. The number of para-hydroxylation sites is 2. The van der Waals surface area contributed by atoms with Crippen LogP contribution in [0.15, 0.2) is 84.9 Å². The van der Waals surface area contributed by atoms with Crippen LogP contribution in [-0.4, -0.2) is 62.8 Å². The highest BCUT2D eigenvalue weighted by Crippen LogP contribution is 2.36. The number of aliphatic hydroxyl groups is 1. The fourth-order valence-electron chi connectivity index (χ4n) is 5.91. The lowest BCUT2D eigenvalue weighted by atomic mass is 9.91. The monoisotopic (exact) mass is 562 g/mol. The largest absolute Gasteiger partial charge is 0.388 e. The summed E-state index contributed by atoms with van der Waals surface area (Å²) in [5, 5.41) is 16.3. The number of amides is 1. The van der Waals surface area contributed by atoms with Crippen molar-refractivity contribution in [2.45, 2.75) is 18.4 Å². The van der Waals surface area contributed by atoms with Gasteiger partial charge in [-0.1, -0.05) is 42.5 Å². The molecule has 0 unspecified atom stereocenters. The van der Waals surface area contributed by atoms with Crippen LogP contribution in [0.4, 0.5) is 10.1 Å². The Balaban J connectivity index is 1.25. The number of benzene rings is 4. The fourth-order valence-corrected chi connectivity index (χ4v) is 5.91. The minimum atomic E-state index is -0.818. The number of H-pyrrole nitrogens is 1. The van der Waals surface area contributed by atoms with E-state index in [1.54, 1.807) is 16.8 Å². The van der Waals surface area contributed by atoms with Crippen molar-refractivity contribution in [1.29, 1.82) is 0 Å². The lowest BCUT2D eigenvalue weighted by molar-refractivity contribution is -0.00405. The predicted octanol–water partition coefficient (Wildman–Crippen LogP) is 5.73. The van der Waals surface area contributed by atoms with Gasteiger partial charge in [0.05, 0.1) is 33.2 Å². The summed E-state index contributed by atoms with van der Waals surface area (Å²) in [6.07, 6.45) is 1.35. The molecule has 0 atom stereocenters. The third-order valence-corrected chi connectivity index (χ3v) is 8.31. The second-order valence-electron chi connectivity index (χ2n) is 11.2. The normalized spacial score (nSPS) is 15.4. The second-order valence-corrected chi connectivity index (χ2v) is 11.2. The van der Waals surface area contributed by atoms with Crippen LogP contribution < -0.4 is 10.7 Å². The van der Waals surface area contributed by atoms with E-state index in [-0.39, 0.29) is 11.7 Å². The van der Waals surface area contributed by atoms with Crippen molar-refractivity contribution >= 4 is 44.4 Å². The molecule has 6 aromatic rings. The van der Waals surface area contributed by atoms with E-state index in [1.165, 1.54) is 12.1 Å². The first-order valence-corrected chi connectivity index (χ1v) is 14.1. The van der Waals surface area contributed by atoms with Gasteiger partial charge in [0, 0.05) is 41.7 Å². The molecule has 0 bridgehead atoms. The molecule has 0 spiro atoms.